The summed E-state index contributed by atoms with van der Waals surface area (Å²) in [5.74, 6) is 0.174. The zero-order valence-corrected chi connectivity index (χ0v) is 15.9. The van der Waals surface area contributed by atoms with E-state index in [0.717, 1.165) is 20.6 Å². The van der Waals surface area contributed by atoms with Gasteiger partial charge in [0, 0.05) is 17.1 Å². The molecule has 27 heavy (non-hydrogen) atoms. The van der Waals surface area contributed by atoms with Crippen LogP contribution < -0.4 is 15.7 Å². The third-order valence-electron chi connectivity index (χ3n) is 4.27. The average Bonchev–Trinajstić information content (AvgIpc) is 2.68. The highest BCUT2D eigenvalue weighted by molar-refractivity contribution is 9.10. The molecule has 134 valence electrons. The SMILES string of the molecule is COc1c(C(=O)Nc2ccc3oc(=O)ccc3c2)cc2ccccc2c1Br. The molecule has 3 aromatic carbocycles. The normalized spacial score (nSPS) is 10.9. The highest BCUT2D eigenvalue weighted by atomic mass is 79.9. The van der Waals surface area contributed by atoms with Crippen molar-refractivity contribution >= 4 is 49.3 Å². The summed E-state index contributed by atoms with van der Waals surface area (Å²) in [7, 11) is 1.53. The monoisotopic (exact) mass is 423 g/mol. The lowest BCUT2D eigenvalue weighted by Gasteiger charge is -2.13. The van der Waals surface area contributed by atoms with Crippen molar-refractivity contribution in [1.29, 1.82) is 0 Å². The van der Waals surface area contributed by atoms with Crippen molar-refractivity contribution in [3.63, 3.8) is 0 Å². The number of hydrogen-bond donors (Lipinski definition) is 1. The van der Waals surface area contributed by atoms with Gasteiger partial charge < -0.3 is 14.5 Å². The first-order valence-electron chi connectivity index (χ1n) is 8.17. The maximum atomic E-state index is 12.9. The molecule has 4 rings (SSSR count). The van der Waals surface area contributed by atoms with Crippen molar-refractivity contribution in [1.82, 2.24) is 0 Å². The number of benzene rings is 3. The van der Waals surface area contributed by atoms with Crippen LogP contribution in [0.4, 0.5) is 5.69 Å². The van der Waals surface area contributed by atoms with Gasteiger partial charge in [-0.3, -0.25) is 4.79 Å². The van der Waals surface area contributed by atoms with Crippen molar-refractivity contribution in [2.24, 2.45) is 0 Å². The molecule has 5 nitrogen and oxygen atoms in total. The van der Waals surface area contributed by atoms with Crippen LogP contribution in [-0.2, 0) is 0 Å². The van der Waals surface area contributed by atoms with Gasteiger partial charge in [-0.1, -0.05) is 24.3 Å². The lowest BCUT2D eigenvalue weighted by Crippen LogP contribution is -2.13. The maximum Gasteiger partial charge on any atom is 0.336 e. The molecule has 1 aromatic heterocycles. The van der Waals surface area contributed by atoms with Crippen molar-refractivity contribution in [2.45, 2.75) is 0 Å². The topological polar surface area (TPSA) is 68.5 Å². The van der Waals surface area contributed by atoms with Crippen molar-refractivity contribution in [2.75, 3.05) is 12.4 Å². The van der Waals surface area contributed by atoms with E-state index in [1.165, 1.54) is 13.2 Å². The largest absolute Gasteiger partial charge is 0.495 e. The fourth-order valence-electron chi connectivity index (χ4n) is 3.00. The maximum absolute atomic E-state index is 12.9. The summed E-state index contributed by atoms with van der Waals surface area (Å²) in [6.07, 6.45) is 0. The number of nitrogens with one attached hydrogen (secondary N) is 1. The van der Waals surface area contributed by atoms with Crippen LogP contribution in [-0.4, -0.2) is 13.0 Å². The summed E-state index contributed by atoms with van der Waals surface area (Å²) in [6, 6.07) is 17.6. The second-order valence-corrected chi connectivity index (χ2v) is 6.75. The first kappa shape index (κ1) is 17.3. The number of carbonyl (C=O) groups is 1. The molecule has 0 bridgehead atoms. The predicted molar refractivity (Wildman–Crippen MR) is 109 cm³/mol. The predicted octanol–water partition coefficient (Wildman–Crippen LogP) is 4.97. The highest BCUT2D eigenvalue weighted by Crippen LogP contribution is 2.37. The molecule has 0 spiro atoms. The van der Waals surface area contributed by atoms with Crippen molar-refractivity contribution < 1.29 is 13.9 Å². The molecule has 0 unspecified atom stereocenters. The third kappa shape index (κ3) is 3.19. The second-order valence-electron chi connectivity index (χ2n) is 5.95. The van der Waals surface area contributed by atoms with Gasteiger partial charge in [0.05, 0.1) is 17.1 Å². The molecule has 4 aromatic rings. The molecule has 0 fully saturated rings. The Bertz CT molecular complexity index is 1250. The van der Waals surface area contributed by atoms with Gasteiger partial charge in [-0.2, -0.15) is 0 Å². The molecule has 0 aliphatic carbocycles. The lowest BCUT2D eigenvalue weighted by molar-refractivity contribution is 0.102. The van der Waals surface area contributed by atoms with E-state index in [4.69, 9.17) is 9.15 Å². The molecule has 6 heteroatoms. The van der Waals surface area contributed by atoms with Gasteiger partial charge in [-0.05, 0) is 57.0 Å². The Morgan fingerprint density at radius 1 is 1.04 bits per heavy atom. The number of methoxy groups -OCH3 is 1. The van der Waals surface area contributed by atoms with E-state index in [9.17, 15) is 9.59 Å². The molecule has 0 aliphatic rings. The number of ether oxygens (including phenoxy) is 1. The van der Waals surface area contributed by atoms with Crippen molar-refractivity contribution in [3.8, 4) is 5.75 Å². The van der Waals surface area contributed by atoms with Crippen molar-refractivity contribution in [3.05, 3.63) is 81.1 Å². The Morgan fingerprint density at radius 2 is 1.85 bits per heavy atom. The molecule has 0 atom stereocenters. The van der Waals surface area contributed by atoms with E-state index >= 15 is 0 Å². The van der Waals surface area contributed by atoms with Crippen LogP contribution in [0.3, 0.4) is 0 Å². The van der Waals surface area contributed by atoms with Gasteiger partial charge in [0.2, 0.25) is 0 Å². The van der Waals surface area contributed by atoms with E-state index in [1.54, 1.807) is 30.3 Å². The third-order valence-corrected chi connectivity index (χ3v) is 5.05. The van der Waals surface area contributed by atoms with Gasteiger partial charge in [0.1, 0.15) is 11.3 Å². The van der Waals surface area contributed by atoms with Gasteiger partial charge in [-0.25, -0.2) is 4.79 Å². The molecular formula is C21H14BrNO4. The molecule has 1 amide bonds. The van der Waals surface area contributed by atoms with Gasteiger partial charge >= 0.3 is 5.63 Å². The molecular weight excluding hydrogens is 410 g/mol. The van der Waals surface area contributed by atoms with Crippen LogP contribution in [0.1, 0.15) is 10.4 Å². The Kier molecular flexibility index (Phi) is 4.41. The lowest BCUT2D eigenvalue weighted by atomic mass is 10.0. The fraction of sp³-hybridized carbons (Fsp3) is 0.0476. The number of rotatable bonds is 3. The van der Waals surface area contributed by atoms with Crippen LogP contribution in [0.5, 0.6) is 5.75 Å². The molecule has 0 saturated carbocycles. The first-order valence-corrected chi connectivity index (χ1v) is 8.96. The number of carbonyl (C=O) groups excluding carboxylic acids is 1. The van der Waals surface area contributed by atoms with E-state index < -0.39 is 5.63 Å². The molecule has 0 radical (unpaired) electrons. The molecule has 1 heterocycles. The molecule has 0 saturated heterocycles. The summed E-state index contributed by atoms with van der Waals surface area (Å²) in [4.78, 5) is 24.2. The number of halogens is 1. The minimum atomic E-state index is -0.412. The Hall–Kier alpha value is -3.12. The van der Waals surface area contributed by atoms with E-state index in [0.29, 0.717) is 22.6 Å². The second kappa shape index (κ2) is 6.89. The Balaban J connectivity index is 1.74. The van der Waals surface area contributed by atoms with Crippen LogP contribution in [0.15, 0.2) is 74.3 Å². The van der Waals surface area contributed by atoms with E-state index in [1.807, 2.05) is 24.3 Å². The molecule has 1 N–H and O–H groups in total. The molecule has 0 aliphatic heterocycles. The summed E-state index contributed by atoms with van der Waals surface area (Å²) in [5.41, 5.74) is 1.06. The standard InChI is InChI=1S/C21H14BrNO4/c1-26-20-16(11-12-4-2-3-5-15(12)19(20)22)21(25)23-14-7-8-17-13(10-14)6-9-18(24)27-17/h2-11H,1H3,(H,23,25). The van der Waals surface area contributed by atoms with Gasteiger partial charge in [0.15, 0.2) is 0 Å². The summed E-state index contributed by atoms with van der Waals surface area (Å²) < 4.78 is 11.3. The van der Waals surface area contributed by atoms with Crippen LogP contribution in [0.25, 0.3) is 21.7 Å². The van der Waals surface area contributed by atoms with Gasteiger partial charge in [0.25, 0.3) is 5.91 Å². The van der Waals surface area contributed by atoms with E-state index in [2.05, 4.69) is 21.2 Å². The minimum absolute atomic E-state index is 0.296. The Labute approximate surface area is 162 Å². The Morgan fingerprint density at radius 3 is 2.67 bits per heavy atom. The average molecular weight is 424 g/mol. The highest BCUT2D eigenvalue weighted by Gasteiger charge is 2.18. The van der Waals surface area contributed by atoms with Gasteiger partial charge in [-0.15, -0.1) is 0 Å². The zero-order chi connectivity index (χ0) is 19.0. The van der Waals surface area contributed by atoms with Crippen LogP contribution in [0, 0.1) is 0 Å². The summed E-state index contributed by atoms with van der Waals surface area (Å²) >= 11 is 3.54. The zero-order valence-electron chi connectivity index (χ0n) is 14.3. The van der Waals surface area contributed by atoms with Crippen LogP contribution >= 0.6 is 15.9 Å². The number of amides is 1. The number of anilines is 1. The first-order chi connectivity index (χ1) is 13.1. The fourth-order valence-corrected chi connectivity index (χ4v) is 3.74. The smallest absolute Gasteiger partial charge is 0.336 e. The summed E-state index contributed by atoms with van der Waals surface area (Å²) in [5, 5.41) is 5.48. The summed E-state index contributed by atoms with van der Waals surface area (Å²) in [6.45, 7) is 0. The van der Waals surface area contributed by atoms with E-state index in [-0.39, 0.29) is 5.91 Å². The number of hydrogen-bond acceptors (Lipinski definition) is 4. The quantitative estimate of drug-likeness (QED) is 0.472. The minimum Gasteiger partial charge on any atom is -0.495 e. The number of fused-ring (bicyclic) bond motifs is 2. The van der Waals surface area contributed by atoms with Crippen LogP contribution in [0.2, 0.25) is 0 Å².